The van der Waals surface area contributed by atoms with Gasteiger partial charge in [0, 0.05) is 18.6 Å². The predicted molar refractivity (Wildman–Crippen MR) is 59.4 cm³/mol. The maximum Gasteiger partial charge on any atom is 0.0636 e. The number of rotatable bonds is 5. The van der Waals surface area contributed by atoms with Crippen LogP contribution < -0.4 is 5.32 Å². The van der Waals surface area contributed by atoms with Crippen LogP contribution in [0.2, 0.25) is 0 Å². The molecule has 1 saturated carbocycles. The summed E-state index contributed by atoms with van der Waals surface area (Å²) in [6, 6.07) is 0. The molecule has 1 atom stereocenters. The van der Waals surface area contributed by atoms with E-state index in [0.29, 0.717) is 12.1 Å². The SMILES string of the molecule is CC(O)CNCC1(N(C)C)CCCC1. The Morgan fingerprint density at radius 1 is 1.36 bits per heavy atom. The van der Waals surface area contributed by atoms with Gasteiger partial charge < -0.3 is 15.3 Å². The molecule has 0 heterocycles. The fourth-order valence-electron chi connectivity index (χ4n) is 2.33. The van der Waals surface area contributed by atoms with Gasteiger partial charge in [0.25, 0.3) is 0 Å². The van der Waals surface area contributed by atoms with Gasteiger partial charge in [-0.05, 0) is 33.9 Å². The molecule has 3 heteroatoms. The van der Waals surface area contributed by atoms with Crippen LogP contribution in [-0.2, 0) is 0 Å². The lowest BCUT2D eigenvalue weighted by molar-refractivity contribution is 0.139. The van der Waals surface area contributed by atoms with Crippen molar-refractivity contribution in [3.63, 3.8) is 0 Å². The summed E-state index contributed by atoms with van der Waals surface area (Å²) in [6.07, 6.45) is 5.01. The molecule has 0 amide bonds. The van der Waals surface area contributed by atoms with Crippen LogP contribution >= 0.6 is 0 Å². The van der Waals surface area contributed by atoms with Crippen molar-refractivity contribution in [2.75, 3.05) is 27.2 Å². The smallest absolute Gasteiger partial charge is 0.0636 e. The third-order valence-corrected chi connectivity index (χ3v) is 3.38. The Balaban J connectivity index is 2.36. The molecule has 1 aliphatic carbocycles. The van der Waals surface area contributed by atoms with Gasteiger partial charge in [-0.1, -0.05) is 12.8 Å². The van der Waals surface area contributed by atoms with Crippen LogP contribution in [0.1, 0.15) is 32.6 Å². The molecule has 0 spiro atoms. The van der Waals surface area contributed by atoms with Crippen molar-refractivity contribution in [2.45, 2.75) is 44.2 Å². The molecular formula is C11H24N2O. The Morgan fingerprint density at radius 2 is 1.93 bits per heavy atom. The van der Waals surface area contributed by atoms with E-state index in [9.17, 15) is 5.11 Å². The fraction of sp³-hybridized carbons (Fsp3) is 1.00. The second-order valence-electron chi connectivity index (χ2n) is 4.81. The number of aliphatic hydroxyl groups excluding tert-OH is 1. The van der Waals surface area contributed by atoms with Crippen molar-refractivity contribution in [3.8, 4) is 0 Å². The number of nitrogens with zero attached hydrogens (tertiary/aromatic N) is 1. The lowest BCUT2D eigenvalue weighted by Crippen LogP contribution is -2.50. The minimum Gasteiger partial charge on any atom is -0.392 e. The van der Waals surface area contributed by atoms with E-state index in [0.717, 1.165) is 6.54 Å². The summed E-state index contributed by atoms with van der Waals surface area (Å²) in [5, 5.41) is 12.5. The van der Waals surface area contributed by atoms with Crippen molar-refractivity contribution in [1.82, 2.24) is 10.2 Å². The van der Waals surface area contributed by atoms with E-state index in [2.05, 4.69) is 24.3 Å². The molecular weight excluding hydrogens is 176 g/mol. The van der Waals surface area contributed by atoms with Gasteiger partial charge in [0.15, 0.2) is 0 Å². The third-order valence-electron chi connectivity index (χ3n) is 3.38. The van der Waals surface area contributed by atoms with E-state index in [-0.39, 0.29) is 6.10 Å². The van der Waals surface area contributed by atoms with E-state index in [1.165, 1.54) is 25.7 Å². The molecule has 0 aromatic carbocycles. The van der Waals surface area contributed by atoms with E-state index in [4.69, 9.17) is 0 Å². The van der Waals surface area contributed by atoms with Crippen LogP contribution in [0.15, 0.2) is 0 Å². The first-order valence-electron chi connectivity index (χ1n) is 5.63. The highest BCUT2D eigenvalue weighted by atomic mass is 16.3. The minimum atomic E-state index is -0.240. The molecule has 2 N–H and O–H groups in total. The quantitative estimate of drug-likeness (QED) is 0.690. The van der Waals surface area contributed by atoms with Crippen LogP contribution in [0, 0.1) is 0 Å². The Hall–Kier alpha value is -0.120. The van der Waals surface area contributed by atoms with Crippen LogP contribution in [-0.4, -0.2) is 48.8 Å². The lowest BCUT2D eigenvalue weighted by Gasteiger charge is -2.36. The minimum absolute atomic E-state index is 0.240. The zero-order valence-corrected chi connectivity index (χ0v) is 9.71. The highest BCUT2D eigenvalue weighted by molar-refractivity contribution is 4.94. The molecule has 84 valence electrons. The first kappa shape index (κ1) is 12.0. The van der Waals surface area contributed by atoms with Crippen LogP contribution in [0.4, 0.5) is 0 Å². The molecule has 0 bridgehead atoms. The zero-order chi connectivity index (χ0) is 10.6. The molecule has 3 nitrogen and oxygen atoms in total. The monoisotopic (exact) mass is 200 g/mol. The standard InChI is InChI=1S/C11H24N2O/c1-10(14)8-12-9-11(13(2)3)6-4-5-7-11/h10,12,14H,4-9H2,1-3H3. The molecule has 0 aromatic rings. The molecule has 1 aliphatic rings. The van der Waals surface area contributed by atoms with Crippen LogP contribution in [0.3, 0.4) is 0 Å². The van der Waals surface area contributed by atoms with E-state index in [1.54, 1.807) is 0 Å². The van der Waals surface area contributed by atoms with E-state index < -0.39 is 0 Å². The Morgan fingerprint density at radius 3 is 2.36 bits per heavy atom. The first-order valence-corrected chi connectivity index (χ1v) is 5.63. The second-order valence-corrected chi connectivity index (χ2v) is 4.81. The lowest BCUT2D eigenvalue weighted by atomic mass is 9.96. The summed E-state index contributed by atoms with van der Waals surface area (Å²) in [5.41, 5.74) is 0.342. The maximum absolute atomic E-state index is 9.17. The molecule has 0 saturated heterocycles. The van der Waals surface area contributed by atoms with Crippen molar-refractivity contribution >= 4 is 0 Å². The van der Waals surface area contributed by atoms with Gasteiger partial charge in [-0.15, -0.1) is 0 Å². The van der Waals surface area contributed by atoms with E-state index >= 15 is 0 Å². The van der Waals surface area contributed by atoms with Crippen molar-refractivity contribution in [3.05, 3.63) is 0 Å². The maximum atomic E-state index is 9.17. The topological polar surface area (TPSA) is 35.5 Å². The highest BCUT2D eigenvalue weighted by Crippen LogP contribution is 2.32. The summed E-state index contributed by atoms with van der Waals surface area (Å²) < 4.78 is 0. The van der Waals surface area contributed by atoms with Gasteiger partial charge in [0.05, 0.1) is 6.10 Å². The van der Waals surface area contributed by atoms with Gasteiger partial charge in [-0.3, -0.25) is 0 Å². The number of hydrogen-bond donors (Lipinski definition) is 2. The van der Waals surface area contributed by atoms with Gasteiger partial charge in [0.1, 0.15) is 0 Å². The first-order chi connectivity index (χ1) is 6.57. The van der Waals surface area contributed by atoms with Crippen LogP contribution in [0.25, 0.3) is 0 Å². The molecule has 1 fully saturated rings. The number of aliphatic hydroxyl groups is 1. The van der Waals surface area contributed by atoms with Crippen molar-refractivity contribution in [1.29, 1.82) is 0 Å². The van der Waals surface area contributed by atoms with Gasteiger partial charge in [0.2, 0.25) is 0 Å². The Bertz CT molecular complexity index is 163. The van der Waals surface area contributed by atoms with Crippen LogP contribution in [0.5, 0.6) is 0 Å². The van der Waals surface area contributed by atoms with Gasteiger partial charge >= 0.3 is 0 Å². The van der Waals surface area contributed by atoms with Gasteiger partial charge in [-0.25, -0.2) is 0 Å². The average Bonchev–Trinajstić information content (AvgIpc) is 2.53. The molecule has 1 unspecified atom stereocenters. The average molecular weight is 200 g/mol. The number of nitrogens with one attached hydrogen (secondary N) is 1. The Labute approximate surface area is 87.5 Å². The zero-order valence-electron chi connectivity index (χ0n) is 9.71. The van der Waals surface area contributed by atoms with Crippen molar-refractivity contribution < 1.29 is 5.11 Å². The van der Waals surface area contributed by atoms with Crippen molar-refractivity contribution in [2.24, 2.45) is 0 Å². The fourth-order valence-corrected chi connectivity index (χ4v) is 2.33. The summed E-state index contributed by atoms with van der Waals surface area (Å²) >= 11 is 0. The third kappa shape index (κ3) is 2.94. The molecule has 0 aliphatic heterocycles. The summed E-state index contributed by atoms with van der Waals surface area (Å²) in [5.74, 6) is 0. The normalized spacial score (nSPS) is 22.9. The highest BCUT2D eigenvalue weighted by Gasteiger charge is 2.35. The molecule has 14 heavy (non-hydrogen) atoms. The summed E-state index contributed by atoms with van der Waals surface area (Å²) in [7, 11) is 4.32. The largest absolute Gasteiger partial charge is 0.392 e. The Kier molecular flexibility index (Phi) is 4.35. The molecule has 0 radical (unpaired) electrons. The summed E-state index contributed by atoms with van der Waals surface area (Å²) in [6.45, 7) is 3.53. The number of hydrogen-bond acceptors (Lipinski definition) is 3. The molecule has 1 rings (SSSR count). The van der Waals surface area contributed by atoms with E-state index in [1.807, 2.05) is 6.92 Å². The van der Waals surface area contributed by atoms with Gasteiger partial charge in [-0.2, -0.15) is 0 Å². The second kappa shape index (κ2) is 5.10. The molecule has 0 aromatic heterocycles. The summed E-state index contributed by atoms with van der Waals surface area (Å²) in [4.78, 5) is 2.34. The predicted octanol–water partition coefficient (Wildman–Crippen LogP) is 0.831. The number of likely N-dealkylation sites (N-methyl/N-ethyl adjacent to an activating group) is 1.